The van der Waals surface area contributed by atoms with Gasteiger partial charge >= 0.3 is 0 Å². The van der Waals surface area contributed by atoms with Crippen LogP contribution in [0.25, 0.3) is 10.6 Å². The molecule has 4 atom stereocenters. The van der Waals surface area contributed by atoms with Gasteiger partial charge in [0.1, 0.15) is 16.9 Å². The van der Waals surface area contributed by atoms with E-state index in [1.807, 2.05) is 17.2 Å². The lowest BCUT2D eigenvalue weighted by molar-refractivity contribution is 0.0559. The Labute approximate surface area is 200 Å². The second-order valence-electron chi connectivity index (χ2n) is 8.63. The van der Waals surface area contributed by atoms with E-state index in [2.05, 4.69) is 26.3 Å². The Kier molecular flexibility index (Phi) is 5.86. The van der Waals surface area contributed by atoms with E-state index in [0.29, 0.717) is 21.5 Å². The maximum Gasteiger partial charge on any atom is 0.255 e. The van der Waals surface area contributed by atoms with Crippen LogP contribution in [0.2, 0.25) is 0 Å². The number of aryl methyl sites for hydroxylation is 1. The first-order chi connectivity index (χ1) is 15.9. The third-order valence-electron chi connectivity index (χ3n) is 6.30. The number of nitrogens with one attached hydrogen (secondary N) is 1. The fraction of sp³-hybridized carbons (Fsp3) is 0.435. The minimum Gasteiger partial charge on any atom is -0.386 e. The van der Waals surface area contributed by atoms with Crippen LogP contribution in [0.15, 0.2) is 23.7 Å². The van der Waals surface area contributed by atoms with Gasteiger partial charge in [-0.05, 0) is 51.7 Å². The first-order valence-corrected chi connectivity index (χ1v) is 12.7. The molecule has 2 aliphatic rings. The van der Waals surface area contributed by atoms with Gasteiger partial charge in [-0.15, -0.1) is 22.7 Å². The Hall–Kier alpha value is -2.87. The first kappa shape index (κ1) is 21.9. The smallest absolute Gasteiger partial charge is 0.255 e. The highest BCUT2D eigenvalue weighted by Crippen LogP contribution is 2.39. The number of pyridine rings is 1. The van der Waals surface area contributed by atoms with Crippen molar-refractivity contribution in [3.05, 3.63) is 40.0 Å². The first-order valence-electron chi connectivity index (χ1n) is 11.0. The molecule has 5 rings (SSSR count). The normalized spacial score (nSPS) is 22.7. The van der Waals surface area contributed by atoms with Gasteiger partial charge in [-0.1, -0.05) is 0 Å². The predicted molar refractivity (Wildman–Crippen MR) is 127 cm³/mol. The Morgan fingerprint density at radius 3 is 2.67 bits per heavy atom. The van der Waals surface area contributed by atoms with Crippen molar-refractivity contribution in [3.63, 3.8) is 0 Å². The number of nitrogens with zero attached hydrogens (tertiary/aromatic N) is 5. The molecule has 0 aromatic carbocycles. The van der Waals surface area contributed by atoms with Crippen molar-refractivity contribution in [2.75, 3.05) is 5.32 Å². The highest BCUT2D eigenvalue weighted by atomic mass is 32.1. The molecule has 0 spiro atoms. The minimum atomic E-state index is -0.600. The maximum absolute atomic E-state index is 13.1. The molecule has 3 aromatic heterocycles. The van der Waals surface area contributed by atoms with Gasteiger partial charge in [-0.3, -0.25) is 4.79 Å². The van der Waals surface area contributed by atoms with E-state index >= 15 is 0 Å². The van der Waals surface area contributed by atoms with Gasteiger partial charge in [-0.2, -0.15) is 5.26 Å². The largest absolute Gasteiger partial charge is 0.386 e. The fourth-order valence-electron chi connectivity index (χ4n) is 4.74. The number of rotatable bonds is 5. The zero-order valence-electron chi connectivity index (χ0n) is 18.4. The number of fused-ring (bicyclic) bond motifs is 2. The van der Waals surface area contributed by atoms with E-state index in [-0.39, 0.29) is 23.9 Å². The Bertz CT molecular complexity index is 1200. The lowest BCUT2D eigenvalue weighted by atomic mass is 9.91. The summed E-state index contributed by atoms with van der Waals surface area (Å²) in [5.41, 5.74) is 2.23. The predicted octanol–water partition coefficient (Wildman–Crippen LogP) is 4.67. The maximum atomic E-state index is 13.1. The summed E-state index contributed by atoms with van der Waals surface area (Å²) in [4.78, 5) is 29.5. The lowest BCUT2D eigenvalue weighted by Gasteiger charge is -2.36. The molecule has 2 saturated heterocycles. The summed E-state index contributed by atoms with van der Waals surface area (Å²) >= 11 is 2.91. The quantitative estimate of drug-likeness (QED) is 0.545. The molecule has 5 heterocycles. The third-order valence-corrected chi connectivity index (χ3v) is 8.41. The molecule has 10 heteroatoms. The minimum absolute atomic E-state index is 0.00376. The van der Waals surface area contributed by atoms with Crippen LogP contribution in [0.1, 0.15) is 59.8 Å². The van der Waals surface area contributed by atoms with Gasteiger partial charge in [0, 0.05) is 23.7 Å². The van der Waals surface area contributed by atoms with Crippen LogP contribution in [-0.2, 0) is 0 Å². The summed E-state index contributed by atoms with van der Waals surface area (Å²) in [6, 6.07) is 6.30. The molecule has 3 aromatic rings. The molecular weight excluding hydrogens is 456 g/mol. The lowest BCUT2D eigenvalue weighted by Crippen LogP contribution is -2.46. The third kappa shape index (κ3) is 4.24. The van der Waals surface area contributed by atoms with Gasteiger partial charge < -0.3 is 15.3 Å². The van der Waals surface area contributed by atoms with E-state index in [0.717, 1.165) is 41.9 Å². The molecule has 2 N–H and O–H groups in total. The van der Waals surface area contributed by atoms with Crippen molar-refractivity contribution >= 4 is 39.5 Å². The summed E-state index contributed by atoms with van der Waals surface area (Å²) in [5.74, 6) is 0.681. The molecule has 2 aliphatic heterocycles. The number of carbonyl (C=O) groups excluding carboxylic acids is 1. The molecule has 33 heavy (non-hydrogen) atoms. The number of aliphatic hydroxyl groups excluding tert-OH is 1. The summed E-state index contributed by atoms with van der Waals surface area (Å²) in [7, 11) is 0. The number of aromatic nitrogens is 3. The van der Waals surface area contributed by atoms with E-state index in [9.17, 15) is 15.2 Å². The van der Waals surface area contributed by atoms with E-state index in [4.69, 9.17) is 0 Å². The standard InChI is InChI=1S/C23H24N6O2S2/c1-12-20(33-21(26-12)13(2)30)18-11-32-23(27-18)28-19-6-3-15(10-25-19)22(31)29-16-4-5-17(29)8-14(7-16)9-24/h3,6,10-11,13-14,16-17,30H,4-5,7-8H2,1-2H3,(H,25,27,28)/t13-,14?,16-,17+/m0/s1. The Balaban J connectivity index is 1.27. The van der Waals surface area contributed by atoms with Crippen LogP contribution in [0, 0.1) is 24.2 Å². The Morgan fingerprint density at radius 1 is 1.30 bits per heavy atom. The Morgan fingerprint density at radius 2 is 2.06 bits per heavy atom. The number of aliphatic hydroxyl groups is 1. The van der Waals surface area contributed by atoms with Gasteiger partial charge in [0.25, 0.3) is 5.91 Å². The summed E-state index contributed by atoms with van der Waals surface area (Å²) in [6.07, 6.45) is 4.51. The second kappa shape index (κ2) is 8.82. The summed E-state index contributed by atoms with van der Waals surface area (Å²) < 4.78 is 0. The average Bonchev–Trinajstić information content (AvgIpc) is 3.49. The molecule has 170 valence electrons. The van der Waals surface area contributed by atoms with Gasteiger partial charge in [0.05, 0.1) is 33.8 Å². The topological polar surface area (TPSA) is 115 Å². The van der Waals surface area contributed by atoms with Crippen LogP contribution >= 0.6 is 22.7 Å². The summed E-state index contributed by atoms with van der Waals surface area (Å²) in [5, 5.41) is 25.6. The average molecular weight is 481 g/mol. The number of anilines is 2. The van der Waals surface area contributed by atoms with Gasteiger partial charge in [0.2, 0.25) is 0 Å². The SMILES string of the molecule is Cc1nc([C@H](C)O)sc1-c1csc(Nc2ccc(C(=O)N3[C@@H]4CC[C@H]3CC(C#N)C4)cn2)n1. The molecule has 2 bridgehead atoms. The second-order valence-corrected chi connectivity index (χ2v) is 10.5. The number of amides is 1. The number of hydrogen-bond donors (Lipinski definition) is 2. The van der Waals surface area contributed by atoms with Crippen LogP contribution in [-0.4, -0.2) is 42.9 Å². The zero-order chi connectivity index (χ0) is 23.1. The van der Waals surface area contributed by atoms with Crippen molar-refractivity contribution in [2.24, 2.45) is 5.92 Å². The molecule has 1 amide bonds. The molecule has 0 saturated carbocycles. The van der Waals surface area contributed by atoms with Crippen molar-refractivity contribution in [2.45, 2.75) is 57.7 Å². The van der Waals surface area contributed by atoms with Crippen molar-refractivity contribution in [3.8, 4) is 16.6 Å². The van der Waals surface area contributed by atoms with E-state index in [1.165, 1.54) is 22.7 Å². The molecular formula is C23H24N6O2S2. The fourth-order valence-corrected chi connectivity index (χ4v) is 6.48. The number of hydrogen-bond acceptors (Lipinski definition) is 9. The molecule has 8 nitrogen and oxygen atoms in total. The highest BCUT2D eigenvalue weighted by molar-refractivity contribution is 7.17. The number of carbonyl (C=O) groups is 1. The molecule has 2 fully saturated rings. The number of piperidine rings is 1. The zero-order valence-corrected chi connectivity index (χ0v) is 20.0. The van der Waals surface area contributed by atoms with Crippen LogP contribution in [0.3, 0.4) is 0 Å². The van der Waals surface area contributed by atoms with Crippen molar-refractivity contribution < 1.29 is 9.90 Å². The van der Waals surface area contributed by atoms with Crippen molar-refractivity contribution in [1.82, 2.24) is 19.9 Å². The molecule has 1 unspecified atom stereocenters. The van der Waals surface area contributed by atoms with E-state index < -0.39 is 6.10 Å². The van der Waals surface area contributed by atoms with Crippen LogP contribution in [0.4, 0.5) is 10.9 Å². The van der Waals surface area contributed by atoms with Crippen LogP contribution in [0.5, 0.6) is 0 Å². The number of nitriles is 1. The van der Waals surface area contributed by atoms with Crippen molar-refractivity contribution in [1.29, 1.82) is 5.26 Å². The highest BCUT2D eigenvalue weighted by Gasteiger charge is 2.43. The van der Waals surface area contributed by atoms with Crippen LogP contribution < -0.4 is 5.32 Å². The number of thiazole rings is 2. The monoisotopic (exact) mass is 480 g/mol. The summed E-state index contributed by atoms with van der Waals surface area (Å²) in [6.45, 7) is 3.62. The molecule has 0 aliphatic carbocycles. The van der Waals surface area contributed by atoms with Gasteiger partial charge in [-0.25, -0.2) is 15.0 Å². The van der Waals surface area contributed by atoms with E-state index in [1.54, 1.807) is 25.3 Å². The van der Waals surface area contributed by atoms with Gasteiger partial charge in [0.15, 0.2) is 5.13 Å². The molecule has 0 radical (unpaired) electrons.